The van der Waals surface area contributed by atoms with Crippen LogP contribution >= 0.6 is 11.3 Å². The zero-order chi connectivity index (χ0) is 26.1. The number of aromatic nitrogens is 1. The van der Waals surface area contributed by atoms with Crippen molar-refractivity contribution >= 4 is 45.1 Å². The number of fused-ring (bicyclic) bond motifs is 3. The van der Waals surface area contributed by atoms with Gasteiger partial charge in [-0.15, -0.1) is 11.3 Å². The third-order valence-corrected chi connectivity index (χ3v) is 8.44. The molecular weight excluding hydrogens is 490 g/mol. The Bertz CT molecular complexity index is 1380. The van der Waals surface area contributed by atoms with Gasteiger partial charge in [0.25, 0.3) is 5.91 Å². The molecule has 37 heavy (non-hydrogen) atoms. The minimum Gasteiger partial charge on any atom is -0.465 e. The second kappa shape index (κ2) is 10.6. The fraction of sp³-hybridized carbons (Fsp3) is 0.429. The fourth-order valence-corrected chi connectivity index (χ4v) is 6.69. The Hall–Kier alpha value is -3.30. The summed E-state index contributed by atoms with van der Waals surface area (Å²) < 4.78 is 10.5. The van der Waals surface area contributed by atoms with Crippen molar-refractivity contribution in [2.24, 2.45) is 5.92 Å². The van der Waals surface area contributed by atoms with Gasteiger partial charge in [-0.3, -0.25) is 14.7 Å². The first kappa shape index (κ1) is 25.4. The number of methoxy groups -OCH3 is 1. The van der Waals surface area contributed by atoms with Crippen molar-refractivity contribution in [1.29, 1.82) is 0 Å². The van der Waals surface area contributed by atoms with Crippen molar-refractivity contribution in [2.45, 2.75) is 46.1 Å². The molecule has 0 radical (unpaired) electrons. The largest absolute Gasteiger partial charge is 0.465 e. The molecule has 1 aliphatic carbocycles. The smallest absolute Gasteiger partial charge is 0.341 e. The number of carbonyl (C=O) groups is 3. The van der Waals surface area contributed by atoms with Gasteiger partial charge >= 0.3 is 11.9 Å². The lowest BCUT2D eigenvalue weighted by atomic mass is 9.88. The average Bonchev–Trinajstić information content (AvgIpc) is 3.26. The van der Waals surface area contributed by atoms with E-state index in [0.717, 1.165) is 71.4 Å². The summed E-state index contributed by atoms with van der Waals surface area (Å²) >= 11 is 1.40. The number of nitrogens with zero attached hydrogens (tertiary/aromatic N) is 2. The number of ether oxygens (including phenoxy) is 2. The van der Waals surface area contributed by atoms with Gasteiger partial charge in [0.1, 0.15) is 5.00 Å². The number of thiophene rings is 1. The van der Waals surface area contributed by atoms with Crippen molar-refractivity contribution in [3.05, 3.63) is 57.1 Å². The summed E-state index contributed by atoms with van der Waals surface area (Å²) in [7, 11) is 1.34. The molecule has 9 heteroatoms. The van der Waals surface area contributed by atoms with Crippen molar-refractivity contribution in [2.75, 3.05) is 32.1 Å². The summed E-state index contributed by atoms with van der Waals surface area (Å²) in [5.41, 5.74) is 4.36. The maximum Gasteiger partial charge on any atom is 0.341 e. The Balaban J connectivity index is 1.37. The average molecular weight is 522 g/mol. The van der Waals surface area contributed by atoms with E-state index in [4.69, 9.17) is 14.5 Å². The standard InChI is InChI=1S/C28H31N3O5S/c1-4-31-12-11-21-19(14-31)24(17-7-5-6-8-20(17)29-21)28(34)36-15-23(32)30-26-25(27(33)35-3)18-10-9-16(2)13-22(18)37-26/h5-8,16H,4,9-15H2,1-3H3,(H,30,32). The molecule has 0 bridgehead atoms. The molecule has 1 aliphatic heterocycles. The number of nitrogens with one attached hydrogen (secondary N) is 1. The lowest BCUT2D eigenvalue weighted by molar-refractivity contribution is -0.119. The number of hydrogen-bond donors (Lipinski definition) is 1. The van der Waals surface area contributed by atoms with E-state index in [9.17, 15) is 14.4 Å². The van der Waals surface area contributed by atoms with Crippen LogP contribution < -0.4 is 5.32 Å². The molecule has 0 saturated heterocycles. The minimum atomic E-state index is -0.546. The van der Waals surface area contributed by atoms with E-state index in [2.05, 4.69) is 24.1 Å². The first-order valence-electron chi connectivity index (χ1n) is 12.7. The molecule has 1 aromatic carbocycles. The monoisotopic (exact) mass is 521 g/mol. The fourth-order valence-electron chi connectivity index (χ4n) is 5.27. The normalized spacial score (nSPS) is 17.1. The lowest BCUT2D eigenvalue weighted by Crippen LogP contribution is -2.32. The summed E-state index contributed by atoms with van der Waals surface area (Å²) in [5, 5.41) is 3.98. The minimum absolute atomic E-state index is 0.419. The highest BCUT2D eigenvalue weighted by atomic mass is 32.1. The van der Waals surface area contributed by atoms with Crippen LogP contribution in [0.1, 0.15) is 62.7 Å². The van der Waals surface area contributed by atoms with E-state index in [1.54, 1.807) is 0 Å². The SMILES string of the molecule is CCN1CCc2nc3ccccc3c(C(=O)OCC(=O)Nc3sc4c(c3C(=O)OC)CCC(C)C4)c2C1. The summed E-state index contributed by atoms with van der Waals surface area (Å²) in [4.78, 5) is 46.9. The number of esters is 2. The molecule has 3 aromatic rings. The summed E-state index contributed by atoms with van der Waals surface area (Å²) in [5.74, 6) is -0.983. The van der Waals surface area contributed by atoms with E-state index in [0.29, 0.717) is 28.6 Å². The van der Waals surface area contributed by atoms with Crippen molar-refractivity contribution in [1.82, 2.24) is 9.88 Å². The van der Waals surface area contributed by atoms with Crippen LogP contribution in [0.25, 0.3) is 10.9 Å². The van der Waals surface area contributed by atoms with E-state index in [-0.39, 0.29) is 0 Å². The highest BCUT2D eigenvalue weighted by molar-refractivity contribution is 7.17. The topological polar surface area (TPSA) is 97.8 Å². The van der Waals surface area contributed by atoms with Crippen molar-refractivity contribution in [3.8, 4) is 0 Å². The van der Waals surface area contributed by atoms with Gasteiger partial charge in [0.2, 0.25) is 0 Å². The molecular formula is C28H31N3O5S. The zero-order valence-electron chi connectivity index (χ0n) is 21.4. The molecule has 194 valence electrons. The molecule has 5 rings (SSSR count). The first-order valence-corrected chi connectivity index (χ1v) is 13.5. The number of likely N-dealkylation sites (N-methyl/N-ethyl adjacent to an activating group) is 1. The van der Waals surface area contributed by atoms with E-state index in [1.807, 2.05) is 24.3 Å². The molecule has 1 amide bonds. The molecule has 0 spiro atoms. The Kier molecular flexibility index (Phi) is 7.26. The van der Waals surface area contributed by atoms with Gasteiger partial charge in [0.05, 0.1) is 23.8 Å². The number of pyridine rings is 1. The van der Waals surface area contributed by atoms with Gasteiger partial charge in [-0.05, 0) is 43.4 Å². The van der Waals surface area contributed by atoms with Gasteiger partial charge in [0, 0.05) is 41.0 Å². The van der Waals surface area contributed by atoms with Crippen LogP contribution in [-0.2, 0) is 40.1 Å². The van der Waals surface area contributed by atoms with Crippen LogP contribution in [0, 0.1) is 5.92 Å². The predicted octanol–water partition coefficient (Wildman–Crippen LogP) is 4.38. The highest BCUT2D eigenvalue weighted by Gasteiger charge is 2.30. The number of para-hydroxylation sites is 1. The first-order chi connectivity index (χ1) is 17.9. The molecule has 0 fully saturated rings. The van der Waals surface area contributed by atoms with E-state index < -0.39 is 24.5 Å². The lowest BCUT2D eigenvalue weighted by Gasteiger charge is -2.28. The van der Waals surface area contributed by atoms with Gasteiger partial charge in [-0.1, -0.05) is 32.0 Å². The molecule has 1 atom stereocenters. The quantitative estimate of drug-likeness (QED) is 0.481. The molecule has 1 N–H and O–H groups in total. The summed E-state index contributed by atoms with van der Waals surface area (Å²) in [6, 6.07) is 7.52. The second-order valence-corrected chi connectivity index (χ2v) is 10.8. The third kappa shape index (κ3) is 4.98. The summed E-state index contributed by atoms with van der Waals surface area (Å²) in [6.45, 7) is 6.18. The Morgan fingerprint density at radius 1 is 1.14 bits per heavy atom. The van der Waals surface area contributed by atoms with Crippen LogP contribution in [0.2, 0.25) is 0 Å². The van der Waals surface area contributed by atoms with Crippen LogP contribution in [0.15, 0.2) is 24.3 Å². The predicted molar refractivity (Wildman–Crippen MR) is 142 cm³/mol. The Morgan fingerprint density at radius 3 is 2.73 bits per heavy atom. The number of benzene rings is 1. The molecule has 8 nitrogen and oxygen atoms in total. The maximum absolute atomic E-state index is 13.4. The van der Waals surface area contributed by atoms with E-state index >= 15 is 0 Å². The van der Waals surface area contributed by atoms with E-state index in [1.165, 1.54) is 18.4 Å². The van der Waals surface area contributed by atoms with Crippen LogP contribution in [0.4, 0.5) is 5.00 Å². The van der Waals surface area contributed by atoms with Crippen molar-refractivity contribution < 1.29 is 23.9 Å². The van der Waals surface area contributed by atoms with Gasteiger partial charge in [-0.2, -0.15) is 0 Å². The zero-order valence-corrected chi connectivity index (χ0v) is 22.2. The highest BCUT2D eigenvalue weighted by Crippen LogP contribution is 2.40. The Labute approximate surface area is 220 Å². The third-order valence-electron chi connectivity index (χ3n) is 7.27. The maximum atomic E-state index is 13.4. The number of rotatable bonds is 6. The molecule has 1 unspecified atom stereocenters. The molecule has 2 aromatic heterocycles. The number of amides is 1. The second-order valence-electron chi connectivity index (χ2n) is 9.72. The number of carbonyl (C=O) groups excluding carboxylic acids is 3. The number of hydrogen-bond acceptors (Lipinski definition) is 8. The molecule has 3 heterocycles. The van der Waals surface area contributed by atoms with Crippen LogP contribution in [-0.4, -0.2) is 54.5 Å². The molecule has 0 saturated carbocycles. The van der Waals surface area contributed by atoms with Gasteiger partial charge in [0.15, 0.2) is 6.61 Å². The molecule has 2 aliphatic rings. The van der Waals surface area contributed by atoms with Gasteiger partial charge in [-0.25, -0.2) is 9.59 Å². The van der Waals surface area contributed by atoms with Crippen LogP contribution in [0.5, 0.6) is 0 Å². The Morgan fingerprint density at radius 2 is 1.95 bits per heavy atom. The van der Waals surface area contributed by atoms with Gasteiger partial charge < -0.3 is 14.8 Å². The number of anilines is 1. The van der Waals surface area contributed by atoms with Crippen LogP contribution in [0.3, 0.4) is 0 Å². The van der Waals surface area contributed by atoms with Crippen molar-refractivity contribution in [3.63, 3.8) is 0 Å². The summed E-state index contributed by atoms with van der Waals surface area (Å²) in [6.07, 6.45) is 3.38.